The molecule has 4 heteroatoms. The van der Waals surface area contributed by atoms with E-state index >= 15 is 0 Å². The largest absolute Gasteiger partial charge is 0.493 e. The molecule has 1 rings (SSSR count). The van der Waals surface area contributed by atoms with Gasteiger partial charge in [-0.3, -0.25) is 4.90 Å². The molecule has 0 heterocycles. The van der Waals surface area contributed by atoms with Crippen molar-refractivity contribution in [2.75, 3.05) is 27.3 Å². The summed E-state index contributed by atoms with van der Waals surface area (Å²) in [7, 11) is 5.26. The summed E-state index contributed by atoms with van der Waals surface area (Å²) < 4.78 is 10.5. The lowest BCUT2D eigenvalue weighted by atomic mass is 10.1. The summed E-state index contributed by atoms with van der Waals surface area (Å²) in [6.45, 7) is 2.86. The molecule has 1 aromatic rings. The van der Waals surface area contributed by atoms with E-state index in [1.54, 1.807) is 14.2 Å². The first-order chi connectivity index (χ1) is 7.62. The Hall–Kier alpha value is -0.930. The highest BCUT2D eigenvalue weighted by atomic mass is 35.5. The summed E-state index contributed by atoms with van der Waals surface area (Å²) in [4.78, 5) is 2.02. The van der Waals surface area contributed by atoms with Gasteiger partial charge in [-0.15, -0.1) is 11.6 Å². The molecule has 1 aromatic carbocycles. The van der Waals surface area contributed by atoms with E-state index in [1.165, 1.54) is 11.1 Å². The molecule has 0 atom stereocenters. The van der Waals surface area contributed by atoms with Crippen molar-refractivity contribution in [3.8, 4) is 11.5 Å². The fourth-order valence-corrected chi connectivity index (χ4v) is 1.61. The van der Waals surface area contributed by atoms with E-state index in [0.29, 0.717) is 6.00 Å². The number of nitrogens with zero attached hydrogens (tertiary/aromatic N) is 1. The summed E-state index contributed by atoms with van der Waals surface area (Å²) >= 11 is 5.76. The minimum Gasteiger partial charge on any atom is -0.493 e. The van der Waals surface area contributed by atoms with Gasteiger partial charge in [0.25, 0.3) is 0 Å². The van der Waals surface area contributed by atoms with Crippen LogP contribution >= 0.6 is 11.6 Å². The van der Waals surface area contributed by atoms with E-state index in [1.807, 2.05) is 24.1 Å². The number of hydrogen-bond donors (Lipinski definition) is 0. The van der Waals surface area contributed by atoms with Gasteiger partial charge >= 0.3 is 0 Å². The van der Waals surface area contributed by atoms with Crippen LogP contribution in [0.3, 0.4) is 0 Å². The van der Waals surface area contributed by atoms with E-state index < -0.39 is 0 Å². The smallest absolute Gasteiger partial charge is 0.161 e. The molecular formula is C12H18ClNO2. The third-order valence-corrected chi connectivity index (χ3v) is 2.89. The van der Waals surface area contributed by atoms with Gasteiger partial charge in [0, 0.05) is 6.54 Å². The molecule has 16 heavy (non-hydrogen) atoms. The standard InChI is InChI=1S/C12H18ClNO2/c1-9-5-11(15-3)12(16-4)6-10(9)7-14(2)8-13/h5-6H,7-8H2,1-4H3. The van der Waals surface area contributed by atoms with Gasteiger partial charge in [0.15, 0.2) is 11.5 Å². The summed E-state index contributed by atoms with van der Waals surface area (Å²) in [5.41, 5.74) is 2.37. The summed E-state index contributed by atoms with van der Waals surface area (Å²) in [6.07, 6.45) is 0. The number of hydrogen-bond acceptors (Lipinski definition) is 3. The summed E-state index contributed by atoms with van der Waals surface area (Å²) in [6, 6.07) is 4.49. The fourth-order valence-electron chi connectivity index (χ4n) is 1.53. The van der Waals surface area contributed by atoms with Crippen LogP contribution in [0.1, 0.15) is 11.1 Å². The topological polar surface area (TPSA) is 21.7 Å². The summed E-state index contributed by atoms with van der Waals surface area (Å²) in [5.74, 6) is 1.52. The average Bonchev–Trinajstić information content (AvgIpc) is 2.30. The normalized spacial score (nSPS) is 10.6. The molecule has 0 saturated carbocycles. The Bertz CT molecular complexity index is 355. The number of ether oxygens (including phenoxy) is 2. The molecule has 3 nitrogen and oxygen atoms in total. The second-order valence-electron chi connectivity index (χ2n) is 3.77. The number of rotatable bonds is 5. The van der Waals surface area contributed by atoms with E-state index in [0.717, 1.165) is 18.0 Å². The van der Waals surface area contributed by atoms with Crippen LogP contribution in [0.4, 0.5) is 0 Å². The molecule has 0 fully saturated rings. The quantitative estimate of drug-likeness (QED) is 0.586. The number of benzene rings is 1. The Morgan fingerprint density at radius 2 is 1.75 bits per heavy atom. The minimum absolute atomic E-state index is 0.508. The van der Waals surface area contributed by atoms with Gasteiger partial charge in [0.1, 0.15) is 0 Å². The first kappa shape index (κ1) is 13.1. The van der Waals surface area contributed by atoms with Crippen LogP contribution in [0, 0.1) is 6.92 Å². The lowest BCUT2D eigenvalue weighted by Crippen LogP contribution is -2.16. The van der Waals surface area contributed by atoms with Crippen molar-refractivity contribution >= 4 is 11.6 Å². The highest BCUT2D eigenvalue weighted by Crippen LogP contribution is 2.30. The van der Waals surface area contributed by atoms with Gasteiger partial charge < -0.3 is 9.47 Å². The predicted octanol–water partition coefficient (Wildman–Crippen LogP) is 2.64. The van der Waals surface area contributed by atoms with Gasteiger partial charge in [-0.1, -0.05) is 0 Å². The molecule has 0 bridgehead atoms. The Morgan fingerprint density at radius 1 is 1.19 bits per heavy atom. The second-order valence-corrected chi connectivity index (χ2v) is 4.01. The van der Waals surface area contributed by atoms with E-state index in [9.17, 15) is 0 Å². The molecule has 0 amide bonds. The molecule has 0 aliphatic rings. The lowest BCUT2D eigenvalue weighted by molar-refractivity contribution is 0.350. The van der Waals surface area contributed by atoms with Crippen molar-refractivity contribution in [1.82, 2.24) is 4.90 Å². The highest BCUT2D eigenvalue weighted by Gasteiger charge is 2.09. The Labute approximate surface area is 102 Å². The molecule has 0 unspecified atom stereocenters. The third kappa shape index (κ3) is 3.03. The second kappa shape index (κ2) is 5.97. The van der Waals surface area contributed by atoms with E-state index in [4.69, 9.17) is 21.1 Å². The van der Waals surface area contributed by atoms with Crippen molar-refractivity contribution < 1.29 is 9.47 Å². The van der Waals surface area contributed by atoms with Crippen LogP contribution in [0.15, 0.2) is 12.1 Å². The van der Waals surface area contributed by atoms with Crippen LogP contribution in [0.2, 0.25) is 0 Å². The fraction of sp³-hybridized carbons (Fsp3) is 0.500. The monoisotopic (exact) mass is 243 g/mol. The Balaban J connectivity index is 3.01. The van der Waals surface area contributed by atoms with Gasteiger partial charge in [0.05, 0.1) is 20.2 Å². The number of halogens is 1. The molecule has 0 radical (unpaired) electrons. The van der Waals surface area contributed by atoms with Gasteiger partial charge in [0.2, 0.25) is 0 Å². The van der Waals surface area contributed by atoms with Crippen LogP contribution in [-0.2, 0) is 6.54 Å². The molecule has 0 aliphatic heterocycles. The molecular weight excluding hydrogens is 226 g/mol. The average molecular weight is 244 g/mol. The zero-order valence-electron chi connectivity index (χ0n) is 10.2. The maximum atomic E-state index is 5.76. The Kier molecular flexibility index (Phi) is 4.90. The van der Waals surface area contributed by atoms with Crippen molar-refractivity contribution in [2.45, 2.75) is 13.5 Å². The van der Waals surface area contributed by atoms with Crippen molar-refractivity contribution in [3.63, 3.8) is 0 Å². The zero-order chi connectivity index (χ0) is 12.1. The van der Waals surface area contributed by atoms with Crippen molar-refractivity contribution in [1.29, 1.82) is 0 Å². The van der Waals surface area contributed by atoms with Gasteiger partial charge in [-0.2, -0.15) is 0 Å². The molecule has 0 N–H and O–H groups in total. The number of methoxy groups -OCH3 is 2. The van der Waals surface area contributed by atoms with Gasteiger partial charge in [-0.05, 0) is 37.2 Å². The molecule has 90 valence electrons. The number of aryl methyl sites for hydroxylation is 1. The number of alkyl halides is 1. The SMILES string of the molecule is COc1cc(C)c(CN(C)CCl)cc1OC. The van der Waals surface area contributed by atoms with Crippen molar-refractivity contribution in [2.24, 2.45) is 0 Å². The minimum atomic E-state index is 0.508. The van der Waals surface area contributed by atoms with E-state index in [2.05, 4.69) is 6.92 Å². The zero-order valence-corrected chi connectivity index (χ0v) is 11.0. The predicted molar refractivity (Wildman–Crippen MR) is 66.5 cm³/mol. The third-order valence-electron chi connectivity index (χ3n) is 2.49. The maximum Gasteiger partial charge on any atom is 0.161 e. The molecule has 0 spiro atoms. The van der Waals surface area contributed by atoms with Crippen LogP contribution in [-0.4, -0.2) is 32.2 Å². The van der Waals surface area contributed by atoms with Crippen LogP contribution in [0.25, 0.3) is 0 Å². The molecule has 0 aliphatic carbocycles. The summed E-state index contributed by atoms with van der Waals surface area (Å²) in [5, 5.41) is 0. The maximum absolute atomic E-state index is 5.76. The molecule has 0 aromatic heterocycles. The lowest BCUT2D eigenvalue weighted by Gasteiger charge is -2.17. The first-order valence-electron chi connectivity index (χ1n) is 5.08. The molecule has 0 saturated heterocycles. The van der Waals surface area contributed by atoms with E-state index in [-0.39, 0.29) is 0 Å². The van der Waals surface area contributed by atoms with Crippen LogP contribution < -0.4 is 9.47 Å². The first-order valence-corrected chi connectivity index (χ1v) is 5.61. The van der Waals surface area contributed by atoms with Crippen LogP contribution in [0.5, 0.6) is 11.5 Å². The van der Waals surface area contributed by atoms with Gasteiger partial charge in [-0.25, -0.2) is 0 Å². The Morgan fingerprint density at radius 3 is 2.25 bits per heavy atom. The highest BCUT2D eigenvalue weighted by molar-refractivity contribution is 6.17. The van der Waals surface area contributed by atoms with Crippen molar-refractivity contribution in [3.05, 3.63) is 23.3 Å².